The zero-order valence-corrected chi connectivity index (χ0v) is 16.1. The molecule has 0 spiro atoms. The normalized spacial score (nSPS) is 16.0. The minimum Gasteiger partial charge on any atom is -0.376 e. The van der Waals surface area contributed by atoms with Gasteiger partial charge in [0.2, 0.25) is 5.91 Å². The SMILES string of the molecule is Cc1ccc(C(=O)N(CC(=O)Nc2nccs2)C[C@H]2CCCO2)cc1[N+](=O)[O-]. The van der Waals surface area contributed by atoms with Crippen LogP contribution in [0.2, 0.25) is 0 Å². The summed E-state index contributed by atoms with van der Waals surface area (Å²) in [7, 11) is 0. The smallest absolute Gasteiger partial charge is 0.273 e. The van der Waals surface area contributed by atoms with E-state index in [-0.39, 0.29) is 36.4 Å². The fourth-order valence-corrected chi connectivity index (χ4v) is 3.54. The van der Waals surface area contributed by atoms with Crippen LogP contribution < -0.4 is 5.32 Å². The van der Waals surface area contributed by atoms with Gasteiger partial charge in [-0.05, 0) is 25.8 Å². The highest BCUT2D eigenvalue weighted by molar-refractivity contribution is 7.13. The first-order chi connectivity index (χ1) is 13.4. The number of thiazole rings is 1. The van der Waals surface area contributed by atoms with Crippen LogP contribution in [0.3, 0.4) is 0 Å². The minimum atomic E-state index is -0.522. The lowest BCUT2D eigenvalue weighted by Gasteiger charge is -2.25. The molecule has 148 valence electrons. The molecule has 9 nitrogen and oxygen atoms in total. The van der Waals surface area contributed by atoms with Crippen molar-refractivity contribution in [3.63, 3.8) is 0 Å². The third-order valence-corrected chi connectivity index (χ3v) is 5.09. The number of hydrogen-bond donors (Lipinski definition) is 1. The Labute approximate surface area is 165 Å². The Morgan fingerprint density at radius 3 is 2.93 bits per heavy atom. The number of nitro groups is 1. The second-order valence-corrected chi connectivity index (χ2v) is 7.36. The van der Waals surface area contributed by atoms with Gasteiger partial charge in [0.1, 0.15) is 6.54 Å². The molecule has 3 rings (SSSR count). The number of carbonyl (C=O) groups excluding carboxylic acids is 2. The van der Waals surface area contributed by atoms with E-state index >= 15 is 0 Å². The van der Waals surface area contributed by atoms with E-state index in [0.717, 1.165) is 12.8 Å². The van der Waals surface area contributed by atoms with E-state index in [0.29, 0.717) is 17.3 Å². The molecule has 1 aromatic carbocycles. The molecule has 1 saturated heterocycles. The van der Waals surface area contributed by atoms with E-state index in [9.17, 15) is 19.7 Å². The van der Waals surface area contributed by atoms with Crippen LogP contribution in [-0.4, -0.2) is 52.4 Å². The van der Waals surface area contributed by atoms with Crippen molar-refractivity contribution in [1.82, 2.24) is 9.88 Å². The number of hydrogen-bond acceptors (Lipinski definition) is 7. The lowest BCUT2D eigenvalue weighted by molar-refractivity contribution is -0.385. The molecule has 2 amide bonds. The Hall–Kier alpha value is -2.85. The number of nitro benzene ring substituents is 1. The van der Waals surface area contributed by atoms with E-state index in [1.54, 1.807) is 18.5 Å². The largest absolute Gasteiger partial charge is 0.376 e. The van der Waals surface area contributed by atoms with Gasteiger partial charge in [0.15, 0.2) is 5.13 Å². The van der Waals surface area contributed by atoms with Crippen LogP contribution in [0.25, 0.3) is 0 Å². The summed E-state index contributed by atoms with van der Waals surface area (Å²) in [6.45, 7) is 2.28. The van der Waals surface area contributed by atoms with Crippen molar-refractivity contribution in [3.8, 4) is 0 Å². The maximum Gasteiger partial charge on any atom is 0.273 e. The zero-order valence-electron chi connectivity index (χ0n) is 15.3. The molecule has 0 unspecified atom stereocenters. The summed E-state index contributed by atoms with van der Waals surface area (Å²) in [5.74, 6) is -0.837. The number of nitrogens with one attached hydrogen (secondary N) is 1. The molecule has 1 fully saturated rings. The molecule has 2 aromatic rings. The third-order valence-electron chi connectivity index (χ3n) is 4.40. The summed E-state index contributed by atoms with van der Waals surface area (Å²) in [6.07, 6.45) is 3.11. The van der Waals surface area contributed by atoms with Crippen LogP contribution in [0.1, 0.15) is 28.8 Å². The fourth-order valence-electron chi connectivity index (χ4n) is 2.99. The number of aromatic nitrogens is 1. The number of ether oxygens (including phenoxy) is 1. The molecular weight excluding hydrogens is 384 g/mol. The van der Waals surface area contributed by atoms with Gasteiger partial charge in [0.25, 0.3) is 11.6 Å². The molecule has 0 radical (unpaired) electrons. The van der Waals surface area contributed by atoms with Gasteiger partial charge >= 0.3 is 0 Å². The molecule has 28 heavy (non-hydrogen) atoms. The maximum atomic E-state index is 13.0. The molecule has 0 bridgehead atoms. The third kappa shape index (κ3) is 4.90. The number of carbonyl (C=O) groups is 2. The zero-order chi connectivity index (χ0) is 20.1. The van der Waals surface area contributed by atoms with Crippen molar-refractivity contribution in [1.29, 1.82) is 0 Å². The maximum absolute atomic E-state index is 13.0. The molecule has 1 aliphatic rings. The van der Waals surface area contributed by atoms with Crippen LogP contribution >= 0.6 is 11.3 Å². The summed E-state index contributed by atoms with van der Waals surface area (Å²) in [5.41, 5.74) is 0.501. The highest BCUT2D eigenvalue weighted by atomic mass is 32.1. The molecule has 0 aliphatic carbocycles. The second kappa shape index (κ2) is 8.89. The molecule has 1 atom stereocenters. The predicted octanol–water partition coefficient (Wildman–Crippen LogP) is 2.62. The quantitative estimate of drug-likeness (QED) is 0.560. The standard InChI is InChI=1S/C18H20N4O5S/c1-12-4-5-13(9-15(12)22(25)26)17(24)21(10-14-3-2-7-27-14)11-16(23)20-18-19-6-8-28-18/h4-6,8-9,14H,2-3,7,10-11H2,1H3,(H,19,20,23)/t14-/m1/s1. The minimum absolute atomic E-state index is 0.129. The van der Waals surface area contributed by atoms with Crippen molar-refractivity contribution in [3.05, 3.63) is 51.0 Å². The van der Waals surface area contributed by atoms with E-state index in [1.165, 1.54) is 34.4 Å². The number of benzene rings is 1. The van der Waals surface area contributed by atoms with Gasteiger partial charge in [-0.25, -0.2) is 4.98 Å². The van der Waals surface area contributed by atoms with Gasteiger partial charge in [-0.1, -0.05) is 6.07 Å². The Bertz CT molecular complexity index is 865. The molecule has 1 aliphatic heterocycles. The number of aryl methyl sites for hydroxylation is 1. The van der Waals surface area contributed by atoms with Crippen molar-refractivity contribution in [2.45, 2.75) is 25.9 Å². The summed E-state index contributed by atoms with van der Waals surface area (Å²) in [5, 5.41) is 16.0. The van der Waals surface area contributed by atoms with Gasteiger partial charge < -0.3 is 15.0 Å². The van der Waals surface area contributed by atoms with Gasteiger partial charge in [-0.2, -0.15) is 0 Å². The van der Waals surface area contributed by atoms with E-state index in [4.69, 9.17) is 4.74 Å². The molecule has 0 saturated carbocycles. The summed E-state index contributed by atoms with van der Waals surface area (Å²) >= 11 is 1.28. The lowest BCUT2D eigenvalue weighted by Crippen LogP contribution is -2.42. The van der Waals surface area contributed by atoms with Crippen LogP contribution in [-0.2, 0) is 9.53 Å². The lowest BCUT2D eigenvalue weighted by atomic mass is 10.1. The first kappa shape index (κ1) is 19.9. The van der Waals surface area contributed by atoms with Crippen molar-refractivity contribution in [2.24, 2.45) is 0 Å². The first-order valence-electron chi connectivity index (χ1n) is 8.79. The number of rotatable bonds is 7. The predicted molar refractivity (Wildman–Crippen MR) is 103 cm³/mol. The average Bonchev–Trinajstić information content (AvgIpc) is 3.35. The Morgan fingerprint density at radius 1 is 1.46 bits per heavy atom. The summed E-state index contributed by atoms with van der Waals surface area (Å²) in [4.78, 5) is 41.4. The fraction of sp³-hybridized carbons (Fsp3) is 0.389. The number of nitrogens with zero attached hydrogens (tertiary/aromatic N) is 3. The number of amides is 2. The highest BCUT2D eigenvalue weighted by Gasteiger charge is 2.26. The monoisotopic (exact) mass is 404 g/mol. The average molecular weight is 404 g/mol. The molecule has 1 aromatic heterocycles. The van der Waals surface area contributed by atoms with E-state index < -0.39 is 10.8 Å². The second-order valence-electron chi connectivity index (χ2n) is 6.46. The first-order valence-corrected chi connectivity index (χ1v) is 9.67. The van der Waals surface area contributed by atoms with Crippen molar-refractivity contribution < 1.29 is 19.2 Å². The van der Waals surface area contributed by atoms with Gasteiger partial charge in [0, 0.05) is 41.9 Å². The molecule has 10 heteroatoms. The molecular formula is C18H20N4O5S. The van der Waals surface area contributed by atoms with Crippen LogP contribution in [0, 0.1) is 17.0 Å². The molecule has 1 N–H and O–H groups in total. The topological polar surface area (TPSA) is 115 Å². The Balaban J connectivity index is 1.78. The molecule has 2 heterocycles. The van der Waals surface area contributed by atoms with E-state index in [2.05, 4.69) is 10.3 Å². The van der Waals surface area contributed by atoms with Gasteiger partial charge in [-0.15, -0.1) is 11.3 Å². The highest BCUT2D eigenvalue weighted by Crippen LogP contribution is 2.21. The van der Waals surface area contributed by atoms with Crippen molar-refractivity contribution >= 4 is 34.0 Å². The Morgan fingerprint density at radius 2 is 2.29 bits per heavy atom. The van der Waals surface area contributed by atoms with Gasteiger partial charge in [-0.3, -0.25) is 19.7 Å². The Kier molecular flexibility index (Phi) is 6.32. The van der Waals surface area contributed by atoms with Crippen molar-refractivity contribution in [2.75, 3.05) is 25.0 Å². The summed E-state index contributed by atoms with van der Waals surface area (Å²) in [6, 6.07) is 4.32. The van der Waals surface area contributed by atoms with E-state index in [1.807, 2.05) is 0 Å². The van der Waals surface area contributed by atoms with Gasteiger partial charge in [0.05, 0.1) is 11.0 Å². The van der Waals surface area contributed by atoms with Crippen LogP contribution in [0.15, 0.2) is 29.8 Å². The van der Waals surface area contributed by atoms with Crippen LogP contribution in [0.4, 0.5) is 10.8 Å². The summed E-state index contributed by atoms with van der Waals surface area (Å²) < 4.78 is 5.59. The van der Waals surface area contributed by atoms with Crippen LogP contribution in [0.5, 0.6) is 0 Å². The number of anilines is 1.